The molecule has 0 bridgehead atoms. The van der Waals surface area contributed by atoms with E-state index in [1.54, 1.807) is 0 Å². The predicted octanol–water partition coefficient (Wildman–Crippen LogP) is 0.977. The summed E-state index contributed by atoms with van der Waals surface area (Å²) in [6, 6.07) is 2.49. The third-order valence-electron chi connectivity index (χ3n) is 6.04. The molecule has 2 aliphatic heterocycles. The van der Waals surface area contributed by atoms with Gasteiger partial charge in [0.15, 0.2) is 5.41 Å². The van der Waals surface area contributed by atoms with Crippen LogP contribution in [0.1, 0.15) is 13.8 Å². The van der Waals surface area contributed by atoms with Crippen LogP contribution in [0, 0.1) is 40.4 Å². The molecule has 0 aromatic rings. The van der Waals surface area contributed by atoms with E-state index in [4.69, 9.17) is 14.5 Å². The minimum absolute atomic E-state index is 0.0679. The summed E-state index contributed by atoms with van der Waals surface area (Å²) < 4.78 is 11.8. The highest BCUT2D eigenvalue weighted by Gasteiger charge is 2.93. The number of aliphatic imine (C=N–C) groups is 1. The van der Waals surface area contributed by atoms with Crippen LogP contribution >= 0.6 is 0 Å². The second-order valence-electron chi connectivity index (χ2n) is 6.24. The quantitative estimate of drug-likeness (QED) is 0.674. The lowest BCUT2D eigenvalue weighted by Crippen LogP contribution is -2.84. The monoisotopic (exact) mass is 230 g/mol. The van der Waals surface area contributed by atoms with E-state index in [1.807, 2.05) is 6.92 Å². The molecule has 4 nitrogen and oxygen atoms in total. The highest BCUT2D eigenvalue weighted by Crippen LogP contribution is 2.84. The Balaban J connectivity index is 1.75. The van der Waals surface area contributed by atoms with Crippen molar-refractivity contribution in [2.45, 2.75) is 31.6 Å². The van der Waals surface area contributed by atoms with Crippen LogP contribution in [-0.4, -0.2) is 30.3 Å². The summed E-state index contributed by atoms with van der Waals surface area (Å²) in [5, 5.41) is 9.63. The molecule has 0 N–H and O–H groups in total. The fraction of sp³-hybridized carbons (Fsp3) is 0.846. The van der Waals surface area contributed by atoms with Crippen molar-refractivity contribution in [3.63, 3.8) is 0 Å². The highest BCUT2D eigenvalue weighted by molar-refractivity contribution is 5.92. The Bertz CT molecular complexity index is 524. The van der Waals surface area contributed by atoms with E-state index >= 15 is 0 Å². The van der Waals surface area contributed by atoms with Gasteiger partial charge in [-0.05, 0) is 31.6 Å². The van der Waals surface area contributed by atoms with Crippen molar-refractivity contribution < 1.29 is 9.47 Å². The van der Waals surface area contributed by atoms with E-state index < -0.39 is 5.41 Å². The predicted molar refractivity (Wildman–Crippen MR) is 58.1 cm³/mol. The summed E-state index contributed by atoms with van der Waals surface area (Å²) in [6.45, 7) is 4.71. The van der Waals surface area contributed by atoms with Crippen molar-refractivity contribution >= 4 is 5.90 Å². The van der Waals surface area contributed by atoms with Crippen LogP contribution in [0.5, 0.6) is 0 Å². The van der Waals surface area contributed by atoms with E-state index in [-0.39, 0.29) is 17.7 Å². The largest absolute Gasteiger partial charge is 0.480 e. The Kier molecular flexibility index (Phi) is 1.11. The number of hydrogen-bond donors (Lipinski definition) is 0. The van der Waals surface area contributed by atoms with Gasteiger partial charge in [0.2, 0.25) is 5.90 Å². The standard InChI is InChI=1S/C13H14N2O2/c1-3-16-11-13(4-14)8-6-5-7(8)12(2,15-11)9(5)17-10(6)13/h5-10H,3H2,1-2H3. The molecule has 3 aliphatic carbocycles. The summed E-state index contributed by atoms with van der Waals surface area (Å²) >= 11 is 0. The lowest BCUT2D eigenvalue weighted by atomic mass is 9.26. The molecule has 0 aromatic carbocycles. The van der Waals surface area contributed by atoms with Gasteiger partial charge in [0, 0.05) is 5.92 Å². The van der Waals surface area contributed by atoms with Crippen molar-refractivity contribution in [1.29, 1.82) is 5.26 Å². The van der Waals surface area contributed by atoms with Gasteiger partial charge in [-0.15, -0.1) is 0 Å². The van der Waals surface area contributed by atoms with Gasteiger partial charge >= 0.3 is 0 Å². The van der Waals surface area contributed by atoms with Crippen molar-refractivity contribution in [2.24, 2.45) is 34.1 Å². The zero-order chi connectivity index (χ0) is 11.6. The van der Waals surface area contributed by atoms with E-state index in [0.717, 1.165) is 0 Å². The highest BCUT2D eigenvalue weighted by atomic mass is 16.5. The SMILES string of the molecule is CCOC1=NC2(C)C3OC4C5C3C2C5C14C#N. The van der Waals surface area contributed by atoms with Crippen molar-refractivity contribution in [1.82, 2.24) is 0 Å². The molecule has 5 aliphatic rings. The number of fused-ring (bicyclic) bond motifs is 2. The summed E-state index contributed by atoms with van der Waals surface area (Å²) in [5.74, 6) is 3.05. The average Bonchev–Trinajstić information content (AvgIpc) is 2.41. The minimum Gasteiger partial charge on any atom is -0.480 e. The average molecular weight is 230 g/mol. The van der Waals surface area contributed by atoms with E-state index in [9.17, 15) is 5.26 Å². The summed E-state index contributed by atoms with van der Waals surface area (Å²) in [7, 11) is 0. The molecule has 0 radical (unpaired) electrons. The number of ether oxygens (including phenoxy) is 2. The molecule has 4 heteroatoms. The minimum atomic E-state index is -0.535. The van der Waals surface area contributed by atoms with Crippen molar-refractivity contribution in [3.05, 3.63) is 0 Å². The molecule has 0 spiro atoms. The molecule has 88 valence electrons. The first kappa shape index (κ1) is 8.93. The maximum Gasteiger partial charge on any atom is 0.208 e. The Morgan fingerprint density at radius 3 is 2.88 bits per heavy atom. The smallest absolute Gasteiger partial charge is 0.208 e. The second-order valence-corrected chi connectivity index (χ2v) is 6.24. The van der Waals surface area contributed by atoms with E-state index in [2.05, 4.69) is 13.0 Å². The maximum atomic E-state index is 9.63. The van der Waals surface area contributed by atoms with Gasteiger partial charge in [-0.2, -0.15) is 5.26 Å². The zero-order valence-corrected chi connectivity index (χ0v) is 9.88. The molecular weight excluding hydrogens is 216 g/mol. The third kappa shape index (κ3) is 0.540. The fourth-order valence-electron chi connectivity index (χ4n) is 5.54. The number of rotatable bonds is 1. The molecular formula is C13H14N2O2. The Morgan fingerprint density at radius 2 is 2.18 bits per heavy atom. The number of nitriles is 1. The van der Waals surface area contributed by atoms with Gasteiger partial charge in [0.1, 0.15) is 0 Å². The Labute approximate surface area is 99.6 Å². The van der Waals surface area contributed by atoms with E-state index in [0.29, 0.717) is 36.2 Å². The van der Waals surface area contributed by atoms with Crippen LogP contribution in [0.3, 0.4) is 0 Å². The first-order valence-electron chi connectivity index (χ1n) is 6.50. The summed E-state index contributed by atoms with van der Waals surface area (Å²) in [4.78, 5) is 4.78. The van der Waals surface area contributed by atoms with Gasteiger partial charge in [-0.3, -0.25) is 0 Å². The third-order valence-corrected chi connectivity index (χ3v) is 6.04. The Morgan fingerprint density at radius 1 is 1.41 bits per heavy atom. The van der Waals surface area contributed by atoms with Crippen LogP contribution in [0.4, 0.5) is 0 Å². The molecule has 8 atom stereocenters. The molecule has 1 saturated heterocycles. The molecule has 0 aromatic heterocycles. The molecule has 17 heavy (non-hydrogen) atoms. The molecule has 4 fully saturated rings. The van der Waals surface area contributed by atoms with Crippen molar-refractivity contribution in [2.75, 3.05) is 6.61 Å². The molecule has 2 heterocycles. The van der Waals surface area contributed by atoms with Crippen LogP contribution < -0.4 is 0 Å². The number of nitrogens with zero attached hydrogens (tertiary/aromatic N) is 2. The molecule has 0 amide bonds. The number of hydrogen-bond acceptors (Lipinski definition) is 4. The van der Waals surface area contributed by atoms with Crippen LogP contribution in [-0.2, 0) is 9.47 Å². The normalized spacial score (nSPS) is 67.0. The van der Waals surface area contributed by atoms with Gasteiger partial charge in [0.05, 0.1) is 30.4 Å². The topological polar surface area (TPSA) is 54.6 Å². The van der Waals surface area contributed by atoms with Crippen LogP contribution in [0.25, 0.3) is 0 Å². The van der Waals surface area contributed by atoms with Crippen LogP contribution in [0.15, 0.2) is 4.99 Å². The van der Waals surface area contributed by atoms with Gasteiger partial charge in [-0.25, -0.2) is 4.99 Å². The van der Waals surface area contributed by atoms with Gasteiger partial charge < -0.3 is 9.47 Å². The first-order valence-corrected chi connectivity index (χ1v) is 6.50. The fourth-order valence-corrected chi connectivity index (χ4v) is 5.54. The maximum absolute atomic E-state index is 9.63. The zero-order valence-electron chi connectivity index (χ0n) is 9.88. The summed E-state index contributed by atoms with van der Waals surface area (Å²) in [5.41, 5.74) is -0.630. The van der Waals surface area contributed by atoms with Crippen LogP contribution in [0.2, 0.25) is 0 Å². The summed E-state index contributed by atoms with van der Waals surface area (Å²) in [6.07, 6.45) is 0.324. The first-order chi connectivity index (χ1) is 8.20. The molecule has 8 unspecified atom stereocenters. The lowest BCUT2D eigenvalue weighted by molar-refractivity contribution is -0.236. The van der Waals surface area contributed by atoms with E-state index in [1.165, 1.54) is 0 Å². The van der Waals surface area contributed by atoms with Gasteiger partial charge in [-0.1, -0.05) is 0 Å². The van der Waals surface area contributed by atoms with Gasteiger partial charge in [0.25, 0.3) is 0 Å². The Hall–Kier alpha value is -1.08. The van der Waals surface area contributed by atoms with Crippen molar-refractivity contribution in [3.8, 4) is 6.07 Å². The molecule has 5 rings (SSSR count). The lowest BCUT2D eigenvalue weighted by Gasteiger charge is -2.75. The second kappa shape index (κ2) is 2.12. The molecule has 3 saturated carbocycles.